The molecule has 0 saturated carbocycles. The van der Waals surface area contributed by atoms with Crippen LogP contribution in [0.25, 0.3) is 0 Å². The fourth-order valence-corrected chi connectivity index (χ4v) is 2.36. The van der Waals surface area contributed by atoms with Crippen molar-refractivity contribution in [3.8, 4) is 0 Å². The Morgan fingerprint density at radius 2 is 1.74 bits per heavy atom. The molecule has 0 spiro atoms. The van der Waals surface area contributed by atoms with Crippen LogP contribution in [-0.4, -0.2) is 54.1 Å². The van der Waals surface area contributed by atoms with Crippen LogP contribution < -0.4 is 0 Å². The number of hydrogen-bond acceptors (Lipinski definition) is 4. The van der Waals surface area contributed by atoms with Gasteiger partial charge in [0, 0.05) is 19.1 Å². The van der Waals surface area contributed by atoms with Gasteiger partial charge in [0.1, 0.15) is 0 Å². The Morgan fingerprint density at radius 3 is 2.16 bits per heavy atom. The van der Waals surface area contributed by atoms with Crippen LogP contribution in [0.2, 0.25) is 0 Å². The zero-order valence-electron chi connectivity index (χ0n) is 11.8. The van der Waals surface area contributed by atoms with E-state index in [1.807, 2.05) is 25.7 Å². The molecule has 2 fully saturated rings. The summed E-state index contributed by atoms with van der Waals surface area (Å²) in [5, 5.41) is 1.65. The van der Waals surface area contributed by atoms with Gasteiger partial charge in [-0.1, -0.05) is 0 Å². The van der Waals surface area contributed by atoms with Gasteiger partial charge in [-0.2, -0.15) is 0 Å². The number of hydroxylamine groups is 2. The number of halogens is 2. The van der Waals surface area contributed by atoms with Crippen LogP contribution in [-0.2, 0) is 9.63 Å². The Kier molecular flexibility index (Phi) is 3.84. The first-order valence-electron chi connectivity index (χ1n) is 6.77. The van der Waals surface area contributed by atoms with Crippen molar-refractivity contribution in [1.29, 1.82) is 0 Å². The van der Waals surface area contributed by atoms with Gasteiger partial charge in [0.2, 0.25) is 0 Å². The molecule has 4 nitrogen and oxygen atoms in total. The molecule has 110 valence electrons. The molecule has 0 bridgehead atoms. The predicted molar refractivity (Wildman–Crippen MR) is 66.7 cm³/mol. The van der Waals surface area contributed by atoms with Gasteiger partial charge in [-0.05, 0) is 33.6 Å². The number of piperidine rings is 1. The van der Waals surface area contributed by atoms with Crippen LogP contribution in [0.4, 0.5) is 8.78 Å². The summed E-state index contributed by atoms with van der Waals surface area (Å²) < 4.78 is 25.6. The zero-order chi connectivity index (χ0) is 14.3. The second-order valence-electron chi connectivity index (χ2n) is 6.55. The molecule has 2 heterocycles. The number of carbonyl (C=O) groups is 1. The first-order chi connectivity index (χ1) is 8.67. The van der Waals surface area contributed by atoms with E-state index >= 15 is 0 Å². The highest BCUT2D eigenvalue weighted by Gasteiger charge is 2.47. The maximum Gasteiger partial charge on any atom is 0.330 e. The van der Waals surface area contributed by atoms with E-state index < -0.39 is 11.3 Å². The summed E-state index contributed by atoms with van der Waals surface area (Å²) in [6.45, 7) is 6.42. The molecule has 0 aromatic carbocycles. The predicted octanol–water partition coefficient (Wildman–Crippen LogP) is 1.91. The van der Waals surface area contributed by atoms with Crippen molar-refractivity contribution in [2.45, 2.75) is 45.6 Å². The van der Waals surface area contributed by atoms with Crippen LogP contribution in [0, 0.1) is 5.41 Å². The van der Waals surface area contributed by atoms with E-state index in [1.54, 1.807) is 5.06 Å². The number of alkyl halides is 2. The molecule has 0 N–H and O–H groups in total. The van der Waals surface area contributed by atoms with Crippen molar-refractivity contribution in [1.82, 2.24) is 9.96 Å². The van der Waals surface area contributed by atoms with Gasteiger partial charge in [-0.15, -0.1) is 5.06 Å². The lowest BCUT2D eigenvalue weighted by Crippen LogP contribution is -2.61. The molecule has 0 aromatic heterocycles. The van der Waals surface area contributed by atoms with E-state index in [1.165, 1.54) is 0 Å². The molecule has 0 atom stereocenters. The Balaban J connectivity index is 1.73. The van der Waals surface area contributed by atoms with Gasteiger partial charge in [-0.3, -0.25) is 4.90 Å². The molecule has 0 radical (unpaired) electrons. The van der Waals surface area contributed by atoms with E-state index in [-0.39, 0.29) is 25.1 Å². The standard InChI is InChI=1S/C13H22F2N2O2/c1-12(2,3)11(18)19-17-6-4-10(5-7-17)16-8-13(14,15)9-16/h10H,4-9H2,1-3H3. The van der Waals surface area contributed by atoms with Gasteiger partial charge >= 0.3 is 5.97 Å². The molecule has 6 heteroatoms. The van der Waals surface area contributed by atoms with Crippen molar-refractivity contribution >= 4 is 5.97 Å². The SMILES string of the molecule is CC(C)(C)C(=O)ON1CCC(N2CC(F)(F)C2)CC1. The number of rotatable bonds is 2. The average Bonchev–Trinajstić information content (AvgIpc) is 2.25. The lowest BCUT2D eigenvalue weighted by Gasteiger charge is -2.46. The highest BCUT2D eigenvalue weighted by molar-refractivity contribution is 5.75. The lowest BCUT2D eigenvalue weighted by molar-refractivity contribution is -0.211. The largest absolute Gasteiger partial charge is 0.367 e. The van der Waals surface area contributed by atoms with E-state index in [0.717, 1.165) is 12.8 Å². The average molecular weight is 276 g/mol. The topological polar surface area (TPSA) is 32.8 Å². The highest BCUT2D eigenvalue weighted by atomic mass is 19.3. The lowest BCUT2D eigenvalue weighted by atomic mass is 9.97. The van der Waals surface area contributed by atoms with E-state index in [4.69, 9.17) is 4.84 Å². The summed E-state index contributed by atoms with van der Waals surface area (Å²) >= 11 is 0. The molecule has 0 amide bonds. The van der Waals surface area contributed by atoms with Crippen LogP contribution in [0.1, 0.15) is 33.6 Å². The van der Waals surface area contributed by atoms with Gasteiger partial charge in [0.15, 0.2) is 0 Å². The first kappa shape index (κ1) is 14.7. The van der Waals surface area contributed by atoms with Crippen LogP contribution in [0.5, 0.6) is 0 Å². The summed E-state index contributed by atoms with van der Waals surface area (Å²) in [6, 6.07) is 0.198. The van der Waals surface area contributed by atoms with E-state index in [0.29, 0.717) is 13.1 Å². The molecule has 0 aliphatic carbocycles. The third kappa shape index (κ3) is 3.63. The van der Waals surface area contributed by atoms with E-state index in [9.17, 15) is 13.6 Å². The smallest absolute Gasteiger partial charge is 0.330 e. The summed E-state index contributed by atoms with van der Waals surface area (Å²) in [5.41, 5.74) is -0.517. The molecule has 2 aliphatic heterocycles. The minimum atomic E-state index is -2.50. The van der Waals surface area contributed by atoms with Crippen molar-refractivity contribution in [2.75, 3.05) is 26.2 Å². The van der Waals surface area contributed by atoms with E-state index in [2.05, 4.69) is 0 Å². The third-order valence-corrected chi connectivity index (χ3v) is 3.63. The normalized spacial score (nSPS) is 25.9. The monoisotopic (exact) mass is 276 g/mol. The van der Waals surface area contributed by atoms with Crippen molar-refractivity contribution in [3.05, 3.63) is 0 Å². The summed E-state index contributed by atoms with van der Waals surface area (Å²) in [6.07, 6.45) is 1.54. The first-order valence-corrected chi connectivity index (χ1v) is 6.77. The summed E-state index contributed by atoms with van der Waals surface area (Å²) in [7, 11) is 0. The van der Waals surface area contributed by atoms with Crippen molar-refractivity contribution in [2.24, 2.45) is 5.41 Å². The number of likely N-dealkylation sites (tertiary alicyclic amines) is 1. The third-order valence-electron chi connectivity index (χ3n) is 3.63. The molecule has 2 saturated heterocycles. The fourth-order valence-electron chi connectivity index (χ4n) is 2.36. The van der Waals surface area contributed by atoms with Crippen molar-refractivity contribution in [3.63, 3.8) is 0 Å². The number of carbonyl (C=O) groups excluding carboxylic acids is 1. The number of hydrogen-bond donors (Lipinski definition) is 0. The van der Waals surface area contributed by atoms with Crippen molar-refractivity contribution < 1.29 is 18.4 Å². The maximum atomic E-state index is 12.8. The quantitative estimate of drug-likeness (QED) is 0.771. The highest BCUT2D eigenvalue weighted by Crippen LogP contribution is 2.31. The van der Waals surface area contributed by atoms with Crippen LogP contribution in [0.3, 0.4) is 0 Å². The maximum absolute atomic E-state index is 12.8. The second kappa shape index (κ2) is 4.98. The molecule has 0 aromatic rings. The molecule has 19 heavy (non-hydrogen) atoms. The summed E-state index contributed by atoms with van der Waals surface area (Å²) in [4.78, 5) is 18.9. The molecule has 2 rings (SSSR count). The molecular weight excluding hydrogens is 254 g/mol. The molecular formula is C13H22F2N2O2. The van der Waals surface area contributed by atoms with Gasteiger partial charge in [0.25, 0.3) is 5.92 Å². The van der Waals surface area contributed by atoms with Gasteiger partial charge < -0.3 is 4.84 Å². The molecule has 0 unspecified atom stereocenters. The second-order valence-corrected chi connectivity index (χ2v) is 6.55. The Labute approximate surface area is 112 Å². The number of nitrogens with zero attached hydrogens (tertiary/aromatic N) is 2. The summed E-state index contributed by atoms with van der Waals surface area (Å²) in [5.74, 6) is -2.75. The van der Waals surface area contributed by atoms with Gasteiger partial charge in [0.05, 0.1) is 18.5 Å². The Morgan fingerprint density at radius 1 is 1.21 bits per heavy atom. The minimum absolute atomic E-state index is 0.126. The fraction of sp³-hybridized carbons (Fsp3) is 0.923. The zero-order valence-corrected chi connectivity index (χ0v) is 11.8. The Bertz CT molecular complexity index is 339. The van der Waals surface area contributed by atoms with Gasteiger partial charge in [-0.25, -0.2) is 13.6 Å². The minimum Gasteiger partial charge on any atom is -0.367 e. The Hall–Kier alpha value is -0.750. The van der Waals surface area contributed by atoms with Crippen LogP contribution in [0.15, 0.2) is 0 Å². The van der Waals surface area contributed by atoms with Crippen LogP contribution >= 0.6 is 0 Å². The molecule has 2 aliphatic rings.